The summed E-state index contributed by atoms with van der Waals surface area (Å²) in [7, 11) is -3.60. The molecular formula is C37H58O4S. The number of benzene rings is 1. The minimum atomic E-state index is -3.60. The summed E-state index contributed by atoms with van der Waals surface area (Å²) in [6, 6.07) is 9.07. The summed E-state index contributed by atoms with van der Waals surface area (Å²) >= 11 is 0. The summed E-state index contributed by atoms with van der Waals surface area (Å²) in [6.45, 7) is 11.3. The molecule has 2 N–H and O–H groups in total. The van der Waals surface area contributed by atoms with Crippen LogP contribution in [-0.4, -0.2) is 35.1 Å². The highest BCUT2D eigenvalue weighted by atomic mass is 32.2. The average molecular weight is 599 g/mol. The van der Waals surface area contributed by atoms with Crippen molar-refractivity contribution in [3.05, 3.63) is 30.3 Å². The van der Waals surface area contributed by atoms with Gasteiger partial charge in [0.1, 0.15) is 0 Å². The smallest absolute Gasteiger partial charge is 0.181 e. The van der Waals surface area contributed by atoms with Gasteiger partial charge in [0.15, 0.2) is 9.84 Å². The molecule has 0 saturated heterocycles. The van der Waals surface area contributed by atoms with Crippen LogP contribution in [0, 0.1) is 52.3 Å². The molecule has 0 aromatic heterocycles. The van der Waals surface area contributed by atoms with Gasteiger partial charge >= 0.3 is 0 Å². The molecule has 42 heavy (non-hydrogen) atoms. The van der Waals surface area contributed by atoms with Crippen LogP contribution in [0.15, 0.2) is 35.2 Å². The average Bonchev–Trinajstić information content (AvgIpc) is 3.30. The summed E-state index contributed by atoms with van der Waals surface area (Å²) in [5.74, 6) is 4.01. The van der Waals surface area contributed by atoms with Crippen molar-refractivity contribution < 1.29 is 18.6 Å². The van der Waals surface area contributed by atoms with Crippen LogP contribution in [0.25, 0.3) is 0 Å². The molecule has 0 bridgehead atoms. The third kappa shape index (κ3) is 5.55. The first kappa shape index (κ1) is 31.1. The number of hydrogen-bond acceptors (Lipinski definition) is 4. The minimum Gasteiger partial charge on any atom is -0.390 e. The molecule has 5 aliphatic carbocycles. The molecule has 236 valence electrons. The van der Waals surface area contributed by atoms with Gasteiger partial charge in [0, 0.05) is 0 Å². The van der Waals surface area contributed by atoms with Crippen LogP contribution in [0.2, 0.25) is 0 Å². The molecule has 0 spiro atoms. The van der Waals surface area contributed by atoms with Crippen molar-refractivity contribution in [3.63, 3.8) is 0 Å². The first-order valence-corrected chi connectivity index (χ1v) is 18.9. The molecule has 1 aromatic rings. The van der Waals surface area contributed by atoms with E-state index in [4.69, 9.17) is 0 Å². The Morgan fingerprint density at radius 3 is 2.14 bits per heavy atom. The number of aliphatic hydroxyl groups is 2. The highest BCUT2D eigenvalue weighted by Gasteiger charge is 2.59. The predicted octanol–water partition coefficient (Wildman–Crippen LogP) is 8.21. The van der Waals surface area contributed by atoms with Gasteiger partial charge in [0.25, 0.3) is 0 Å². The van der Waals surface area contributed by atoms with E-state index in [1.165, 1.54) is 38.5 Å². The van der Waals surface area contributed by atoms with Crippen LogP contribution < -0.4 is 0 Å². The van der Waals surface area contributed by atoms with Gasteiger partial charge in [0.05, 0.1) is 21.3 Å². The van der Waals surface area contributed by atoms with Crippen molar-refractivity contribution in [3.8, 4) is 0 Å². The second-order valence-corrected chi connectivity index (χ2v) is 19.4. The van der Waals surface area contributed by atoms with Crippen molar-refractivity contribution >= 4 is 9.84 Å². The molecule has 10 atom stereocenters. The summed E-state index contributed by atoms with van der Waals surface area (Å²) in [6.07, 6.45) is 14.0. The zero-order valence-corrected chi connectivity index (χ0v) is 27.8. The maximum absolute atomic E-state index is 14.4. The van der Waals surface area contributed by atoms with Gasteiger partial charge in [-0.15, -0.1) is 0 Å². The molecule has 5 heteroatoms. The highest BCUT2D eigenvalue weighted by molar-refractivity contribution is 7.92. The SMILES string of the molecule is C[C@H](C(CC1(O)CCC(C)(C)CC1)S(=O)(=O)c1ccccc1)[C@H]1CC[C@H]2[C@@H]3CC[C@H]4C[C@@](C)(O)CC[C@@H]4[C@H]3CC[C@]12C. The van der Waals surface area contributed by atoms with Crippen LogP contribution in [0.5, 0.6) is 0 Å². The summed E-state index contributed by atoms with van der Waals surface area (Å²) in [5.41, 5.74) is -1.02. The second kappa shape index (κ2) is 10.9. The molecular weight excluding hydrogens is 540 g/mol. The molecule has 1 aromatic carbocycles. The Labute approximate surface area is 256 Å². The highest BCUT2D eigenvalue weighted by Crippen LogP contribution is 2.66. The Bertz CT molecular complexity index is 1210. The standard InChI is InChI=1S/C37H58O4S/c1-25(33(42(40,41)27-9-7-6-8-10-27)24-37(39)21-19-34(2,3)20-22-37)31-13-14-32-30-12-11-26-23-35(4,38)17-15-28(26)29(30)16-18-36(31,32)5/h6-10,25-26,28-33,38-39H,11-24H2,1-5H3/t25-,26-,28-,29+,30+,31+,32-,33?,35-,36+/m0/s1. The number of rotatable bonds is 6. The van der Waals surface area contributed by atoms with E-state index in [1.54, 1.807) is 12.1 Å². The third-order valence-electron chi connectivity index (χ3n) is 14.1. The topological polar surface area (TPSA) is 74.6 Å². The lowest BCUT2D eigenvalue weighted by Gasteiger charge is -2.57. The molecule has 0 amide bonds. The van der Waals surface area contributed by atoms with Crippen molar-refractivity contribution in [2.24, 2.45) is 52.3 Å². The van der Waals surface area contributed by atoms with Crippen LogP contribution in [-0.2, 0) is 9.84 Å². The van der Waals surface area contributed by atoms with E-state index in [0.29, 0.717) is 41.9 Å². The van der Waals surface area contributed by atoms with Gasteiger partial charge < -0.3 is 10.2 Å². The maximum atomic E-state index is 14.4. The third-order valence-corrected chi connectivity index (χ3v) is 16.4. The van der Waals surface area contributed by atoms with E-state index in [1.807, 2.05) is 25.1 Å². The Hall–Kier alpha value is -0.910. The molecule has 4 nitrogen and oxygen atoms in total. The Morgan fingerprint density at radius 1 is 0.786 bits per heavy atom. The fraction of sp³-hybridized carbons (Fsp3) is 0.838. The molecule has 5 fully saturated rings. The normalized spacial score (nSPS) is 42.5. The lowest BCUT2D eigenvalue weighted by molar-refractivity contribution is -0.103. The zero-order chi connectivity index (χ0) is 30.1. The first-order chi connectivity index (χ1) is 19.6. The Balaban J connectivity index is 1.26. The lowest BCUT2D eigenvalue weighted by Crippen LogP contribution is -2.52. The predicted molar refractivity (Wildman–Crippen MR) is 170 cm³/mol. The van der Waals surface area contributed by atoms with E-state index >= 15 is 0 Å². The maximum Gasteiger partial charge on any atom is 0.181 e. The molecule has 0 aliphatic heterocycles. The van der Waals surface area contributed by atoms with Crippen LogP contribution >= 0.6 is 0 Å². The fourth-order valence-electron chi connectivity index (χ4n) is 11.6. The van der Waals surface area contributed by atoms with E-state index in [0.717, 1.165) is 49.9 Å². The monoisotopic (exact) mass is 598 g/mol. The molecule has 5 saturated carbocycles. The summed E-state index contributed by atoms with van der Waals surface area (Å²) in [4.78, 5) is 0.413. The Morgan fingerprint density at radius 2 is 1.45 bits per heavy atom. The Kier molecular flexibility index (Phi) is 8.04. The molecule has 5 aliphatic rings. The van der Waals surface area contributed by atoms with Gasteiger partial charge in [-0.25, -0.2) is 8.42 Å². The van der Waals surface area contributed by atoms with E-state index in [9.17, 15) is 18.6 Å². The van der Waals surface area contributed by atoms with E-state index in [2.05, 4.69) is 27.7 Å². The second-order valence-electron chi connectivity index (χ2n) is 17.3. The lowest BCUT2D eigenvalue weighted by atomic mass is 9.48. The van der Waals surface area contributed by atoms with Crippen LogP contribution in [0.1, 0.15) is 125 Å². The number of hydrogen-bond donors (Lipinski definition) is 2. The first-order valence-electron chi connectivity index (χ1n) is 17.4. The number of sulfone groups is 1. The van der Waals surface area contributed by atoms with Crippen molar-refractivity contribution in [1.82, 2.24) is 0 Å². The molecule has 6 rings (SSSR count). The summed E-state index contributed by atoms with van der Waals surface area (Å²) < 4.78 is 28.9. The zero-order valence-electron chi connectivity index (χ0n) is 27.0. The summed E-state index contributed by atoms with van der Waals surface area (Å²) in [5, 5.41) is 22.1. The number of fused-ring (bicyclic) bond motifs is 5. The minimum absolute atomic E-state index is 0.00170. The van der Waals surface area contributed by atoms with E-state index < -0.39 is 26.3 Å². The fourth-order valence-corrected chi connectivity index (χ4v) is 13.7. The van der Waals surface area contributed by atoms with E-state index in [-0.39, 0.29) is 16.7 Å². The van der Waals surface area contributed by atoms with Crippen molar-refractivity contribution in [2.45, 2.75) is 146 Å². The molecule has 1 unspecified atom stereocenters. The van der Waals surface area contributed by atoms with Gasteiger partial charge in [0.2, 0.25) is 0 Å². The van der Waals surface area contributed by atoms with Crippen molar-refractivity contribution in [1.29, 1.82) is 0 Å². The van der Waals surface area contributed by atoms with Crippen LogP contribution in [0.3, 0.4) is 0 Å². The van der Waals surface area contributed by atoms with Gasteiger partial charge in [-0.1, -0.05) is 45.9 Å². The molecule has 0 radical (unpaired) electrons. The van der Waals surface area contributed by atoms with Gasteiger partial charge in [-0.05, 0) is 161 Å². The van der Waals surface area contributed by atoms with Gasteiger partial charge in [-0.2, -0.15) is 0 Å². The molecule has 0 heterocycles. The van der Waals surface area contributed by atoms with Gasteiger partial charge in [-0.3, -0.25) is 0 Å². The van der Waals surface area contributed by atoms with Crippen molar-refractivity contribution in [2.75, 3.05) is 0 Å². The quantitative estimate of drug-likeness (QED) is 0.346. The largest absolute Gasteiger partial charge is 0.390 e. The van der Waals surface area contributed by atoms with Crippen LogP contribution in [0.4, 0.5) is 0 Å².